The van der Waals surface area contributed by atoms with Crippen molar-refractivity contribution in [3.05, 3.63) is 0 Å². The van der Waals surface area contributed by atoms with Crippen LogP contribution >= 0.6 is 0 Å². The second kappa shape index (κ2) is 18.2. The van der Waals surface area contributed by atoms with Crippen LogP contribution in [-0.4, -0.2) is 30.9 Å². The lowest BCUT2D eigenvalue weighted by Crippen LogP contribution is -2.41. The van der Waals surface area contributed by atoms with Gasteiger partial charge in [-0.1, -0.05) is 91.9 Å². The summed E-state index contributed by atoms with van der Waals surface area (Å²) in [5.74, 6) is -0.833. The van der Waals surface area contributed by atoms with Gasteiger partial charge in [-0.05, 0) is 19.8 Å². The second-order valence-electron chi connectivity index (χ2n) is 9.44. The van der Waals surface area contributed by atoms with Crippen molar-refractivity contribution in [3.63, 3.8) is 0 Å². The molecule has 0 N–H and O–H groups in total. The highest BCUT2D eigenvalue weighted by Gasteiger charge is 2.37. The maximum absolute atomic E-state index is 12.7. The first-order chi connectivity index (χ1) is 14.8. The first kappa shape index (κ1) is 29.6. The minimum Gasteiger partial charge on any atom is -0.464 e. The molecule has 0 fully saturated rings. The highest BCUT2D eigenvalue weighted by Crippen LogP contribution is 2.24. The van der Waals surface area contributed by atoms with Gasteiger partial charge in [0, 0.05) is 18.8 Å². The van der Waals surface area contributed by atoms with Crippen molar-refractivity contribution in [1.29, 1.82) is 0 Å². The zero-order valence-electron chi connectivity index (χ0n) is 20.9. The zero-order valence-corrected chi connectivity index (χ0v) is 20.9. The van der Waals surface area contributed by atoms with Crippen LogP contribution in [0.3, 0.4) is 0 Å². The molecule has 0 radical (unpaired) electrons. The molecule has 0 bridgehead atoms. The van der Waals surface area contributed by atoms with E-state index in [4.69, 9.17) is 9.47 Å². The van der Waals surface area contributed by atoms with Gasteiger partial charge in [0.05, 0.1) is 5.41 Å². The molecule has 0 aliphatic rings. The van der Waals surface area contributed by atoms with Crippen LogP contribution in [0.15, 0.2) is 0 Å². The Morgan fingerprint density at radius 3 is 1.35 bits per heavy atom. The number of Topliss-reactive ketones (excluding diaryl/α,β-unsaturated/α-hetero) is 1. The first-order valence-electron chi connectivity index (χ1n) is 12.6. The number of ether oxygens (including phenoxy) is 2. The summed E-state index contributed by atoms with van der Waals surface area (Å²) in [6, 6.07) is 0. The molecule has 0 aliphatic heterocycles. The molecular weight excluding hydrogens is 392 g/mol. The van der Waals surface area contributed by atoms with Crippen molar-refractivity contribution in [3.8, 4) is 0 Å². The van der Waals surface area contributed by atoms with Crippen LogP contribution in [0, 0.1) is 11.3 Å². The number of carbonyl (C=O) groups excluding carboxylic acids is 3. The third kappa shape index (κ3) is 15.1. The van der Waals surface area contributed by atoms with E-state index >= 15 is 0 Å². The lowest BCUT2D eigenvalue weighted by molar-refractivity contribution is -0.158. The molecule has 0 aromatic heterocycles. The molecule has 0 heterocycles. The van der Waals surface area contributed by atoms with E-state index in [9.17, 15) is 14.4 Å². The van der Waals surface area contributed by atoms with Crippen molar-refractivity contribution in [1.82, 2.24) is 0 Å². The number of rotatable bonds is 20. The molecule has 0 aliphatic carbocycles. The Bertz CT molecular complexity index is 466. The van der Waals surface area contributed by atoms with E-state index in [1.807, 2.05) is 13.8 Å². The van der Waals surface area contributed by atoms with Gasteiger partial charge in [-0.2, -0.15) is 0 Å². The van der Waals surface area contributed by atoms with Crippen molar-refractivity contribution in [2.75, 3.05) is 13.2 Å². The van der Waals surface area contributed by atoms with Gasteiger partial charge in [0.25, 0.3) is 0 Å². The van der Waals surface area contributed by atoms with Crippen molar-refractivity contribution < 1.29 is 23.9 Å². The molecule has 0 aromatic rings. The summed E-state index contributed by atoms with van der Waals surface area (Å²) in [5, 5.41) is 0. The van der Waals surface area contributed by atoms with E-state index in [2.05, 4.69) is 13.8 Å². The van der Waals surface area contributed by atoms with Crippen LogP contribution in [0.4, 0.5) is 0 Å². The van der Waals surface area contributed by atoms with Gasteiger partial charge in [-0.15, -0.1) is 0 Å². The fourth-order valence-electron chi connectivity index (χ4n) is 3.60. The maximum Gasteiger partial charge on any atom is 0.305 e. The van der Waals surface area contributed by atoms with Gasteiger partial charge in [0.1, 0.15) is 19.0 Å². The van der Waals surface area contributed by atoms with E-state index in [1.165, 1.54) is 38.5 Å². The van der Waals surface area contributed by atoms with E-state index < -0.39 is 5.41 Å². The molecule has 0 aromatic carbocycles. The highest BCUT2D eigenvalue weighted by molar-refractivity contribution is 5.87. The highest BCUT2D eigenvalue weighted by atomic mass is 16.5. The van der Waals surface area contributed by atoms with E-state index in [0.717, 1.165) is 38.5 Å². The Labute approximate surface area is 191 Å². The van der Waals surface area contributed by atoms with Gasteiger partial charge in [0.2, 0.25) is 0 Å². The summed E-state index contributed by atoms with van der Waals surface area (Å²) in [6.07, 6.45) is 14.0. The Balaban J connectivity index is 4.38. The van der Waals surface area contributed by atoms with Gasteiger partial charge in [-0.3, -0.25) is 14.4 Å². The number of esters is 2. The zero-order chi connectivity index (χ0) is 23.5. The predicted octanol–water partition coefficient (Wildman–Crippen LogP) is 6.81. The summed E-state index contributed by atoms with van der Waals surface area (Å²) < 4.78 is 10.8. The quantitative estimate of drug-likeness (QED) is 0.154. The van der Waals surface area contributed by atoms with Crippen LogP contribution in [0.1, 0.15) is 125 Å². The molecule has 5 nitrogen and oxygen atoms in total. The summed E-state index contributed by atoms with van der Waals surface area (Å²) in [7, 11) is 0. The van der Waals surface area contributed by atoms with Crippen molar-refractivity contribution in [2.24, 2.45) is 11.3 Å². The Hall–Kier alpha value is -1.39. The molecule has 0 spiro atoms. The van der Waals surface area contributed by atoms with Crippen LogP contribution in [0.25, 0.3) is 0 Å². The fraction of sp³-hybridized carbons (Fsp3) is 0.885. The van der Waals surface area contributed by atoms with Crippen LogP contribution in [-0.2, 0) is 23.9 Å². The van der Waals surface area contributed by atoms with Gasteiger partial charge >= 0.3 is 11.9 Å². The largest absolute Gasteiger partial charge is 0.464 e. The average molecular weight is 441 g/mol. The standard InChI is InChI=1S/C26H48O5/c1-6-8-10-12-14-16-18-23(27)30-20-26(5,25(29)22(3)4)21-31-24(28)19-17-15-13-11-9-7-2/h22H,6-21H2,1-5H3. The van der Waals surface area contributed by atoms with E-state index in [-0.39, 0.29) is 36.9 Å². The van der Waals surface area contributed by atoms with Crippen LogP contribution < -0.4 is 0 Å². The SMILES string of the molecule is CCCCCCCCC(=O)OCC(C)(COC(=O)CCCCCCCC)C(=O)C(C)C. The summed E-state index contributed by atoms with van der Waals surface area (Å²) in [5.41, 5.74) is -0.998. The first-order valence-corrected chi connectivity index (χ1v) is 12.6. The van der Waals surface area contributed by atoms with Gasteiger partial charge in [0.15, 0.2) is 0 Å². The number of hydrogen-bond acceptors (Lipinski definition) is 5. The third-order valence-corrected chi connectivity index (χ3v) is 5.69. The van der Waals surface area contributed by atoms with E-state index in [0.29, 0.717) is 12.8 Å². The Kier molecular flexibility index (Phi) is 17.4. The van der Waals surface area contributed by atoms with Crippen molar-refractivity contribution >= 4 is 17.7 Å². The molecule has 5 heteroatoms. The molecule has 0 saturated carbocycles. The van der Waals surface area contributed by atoms with Crippen LogP contribution in [0.5, 0.6) is 0 Å². The number of carbonyl (C=O) groups is 3. The molecule has 0 atom stereocenters. The second-order valence-corrected chi connectivity index (χ2v) is 9.44. The lowest BCUT2D eigenvalue weighted by Gasteiger charge is -2.28. The summed E-state index contributed by atoms with van der Waals surface area (Å²) in [6.45, 7) is 9.64. The molecule has 0 rings (SSSR count). The molecule has 0 amide bonds. The number of ketones is 1. The Morgan fingerprint density at radius 1 is 0.645 bits per heavy atom. The smallest absolute Gasteiger partial charge is 0.305 e. The number of unbranched alkanes of at least 4 members (excludes halogenated alkanes) is 10. The lowest BCUT2D eigenvalue weighted by atomic mass is 9.82. The monoisotopic (exact) mass is 440 g/mol. The molecular formula is C26H48O5. The Morgan fingerprint density at radius 2 is 1.00 bits per heavy atom. The van der Waals surface area contributed by atoms with Crippen molar-refractivity contribution in [2.45, 2.75) is 125 Å². The minimum atomic E-state index is -0.998. The van der Waals surface area contributed by atoms with Gasteiger partial charge < -0.3 is 9.47 Å². The van der Waals surface area contributed by atoms with E-state index in [1.54, 1.807) is 6.92 Å². The predicted molar refractivity (Wildman–Crippen MR) is 126 cm³/mol. The fourth-order valence-corrected chi connectivity index (χ4v) is 3.60. The average Bonchev–Trinajstić information content (AvgIpc) is 2.75. The normalized spacial score (nSPS) is 11.5. The summed E-state index contributed by atoms with van der Waals surface area (Å²) >= 11 is 0. The summed E-state index contributed by atoms with van der Waals surface area (Å²) in [4.78, 5) is 37.0. The molecule has 182 valence electrons. The third-order valence-electron chi connectivity index (χ3n) is 5.69. The molecule has 0 unspecified atom stereocenters. The number of hydrogen-bond donors (Lipinski definition) is 0. The van der Waals surface area contributed by atoms with Gasteiger partial charge in [-0.25, -0.2) is 0 Å². The minimum absolute atomic E-state index is 0.0387. The molecule has 0 saturated heterocycles. The molecule has 31 heavy (non-hydrogen) atoms. The maximum atomic E-state index is 12.7. The topological polar surface area (TPSA) is 69.7 Å². The van der Waals surface area contributed by atoms with Crippen LogP contribution in [0.2, 0.25) is 0 Å².